The minimum absolute atomic E-state index is 0.0557. The van der Waals surface area contributed by atoms with Gasteiger partial charge in [0.25, 0.3) is 5.56 Å². The van der Waals surface area contributed by atoms with Crippen LogP contribution in [-0.4, -0.2) is 14.2 Å². The number of hydrogen-bond donors (Lipinski definition) is 3. The van der Waals surface area contributed by atoms with E-state index in [4.69, 9.17) is 5.73 Å². The first-order valence-electron chi connectivity index (χ1n) is 11.0. The Hall–Kier alpha value is -3.48. The molecule has 1 aromatic heterocycles. The molecule has 0 spiro atoms. The average Bonchev–Trinajstić information content (AvgIpc) is 2.72. The van der Waals surface area contributed by atoms with E-state index in [0.29, 0.717) is 18.0 Å². The zero-order valence-corrected chi connectivity index (χ0v) is 20.5. The molecule has 0 fully saturated rings. The fraction of sp³-hybridized carbons (Fsp3) is 0.385. The summed E-state index contributed by atoms with van der Waals surface area (Å²) in [6, 6.07) is 12.9. The molecule has 0 aliphatic heterocycles. The number of nitrogen functional groups attached to an aromatic ring is 1. The third-order valence-corrected chi connectivity index (χ3v) is 5.76. The van der Waals surface area contributed by atoms with Gasteiger partial charge in [0, 0.05) is 13.6 Å². The molecule has 7 nitrogen and oxygen atoms in total. The van der Waals surface area contributed by atoms with Crippen molar-refractivity contribution in [2.45, 2.75) is 58.9 Å². The van der Waals surface area contributed by atoms with Gasteiger partial charge in [-0.1, -0.05) is 59.7 Å². The fourth-order valence-corrected chi connectivity index (χ4v) is 3.85. The quantitative estimate of drug-likeness (QED) is 0.557. The van der Waals surface area contributed by atoms with E-state index in [1.807, 2.05) is 18.2 Å². The van der Waals surface area contributed by atoms with Crippen LogP contribution in [0.25, 0.3) is 5.69 Å². The summed E-state index contributed by atoms with van der Waals surface area (Å²) >= 11 is 0. The van der Waals surface area contributed by atoms with E-state index in [1.54, 1.807) is 24.3 Å². The van der Waals surface area contributed by atoms with Crippen molar-refractivity contribution >= 4 is 11.5 Å². The second-order valence-electron chi connectivity index (χ2n) is 10.5. The van der Waals surface area contributed by atoms with Crippen molar-refractivity contribution in [3.63, 3.8) is 0 Å². The van der Waals surface area contributed by atoms with Gasteiger partial charge in [0.15, 0.2) is 0 Å². The number of nitrogens with one attached hydrogen (secondary N) is 1. The zero-order valence-electron chi connectivity index (χ0n) is 20.5. The standard InChI is InChI=1S/C26H34N4O3/c1-25(2,3)18-13-16(14-19(21(18)31)26(4,5)6)15-28-20-22(27)30(17-11-9-8-10-12-17)24(33)29(7)23(20)32/h8-14,28,31H,15,27H2,1-7H3. The maximum atomic E-state index is 12.9. The van der Waals surface area contributed by atoms with Gasteiger partial charge in [0.05, 0.1) is 5.69 Å². The molecule has 0 unspecified atom stereocenters. The summed E-state index contributed by atoms with van der Waals surface area (Å²) in [6.07, 6.45) is 0. The number of anilines is 2. The Morgan fingerprint density at radius 1 is 0.939 bits per heavy atom. The highest BCUT2D eigenvalue weighted by Gasteiger charge is 2.26. The van der Waals surface area contributed by atoms with E-state index in [-0.39, 0.29) is 22.3 Å². The number of hydrogen-bond acceptors (Lipinski definition) is 5. The molecule has 1 heterocycles. The molecule has 7 heteroatoms. The maximum Gasteiger partial charge on any atom is 0.337 e. The monoisotopic (exact) mass is 450 g/mol. The van der Waals surface area contributed by atoms with Gasteiger partial charge in [-0.05, 0) is 51.8 Å². The van der Waals surface area contributed by atoms with E-state index in [0.717, 1.165) is 21.3 Å². The number of rotatable bonds is 4. The van der Waals surface area contributed by atoms with Gasteiger partial charge in [-0.3, -0.25) is 9.36 Å². The molecule has 0 amide bonds. The summed E-state index contributed by atoms with van der Waals surface area (Å²) < 4.78 is 2.37. The van der Waals surface area contributed by atoms with E-state index in [1.165, 1.54) is 11.6 Å². The lowest BCUT2D eigenvalue weighted by molar-refractivity contribution is 0.423. The molecule has 4 N–H and O–H groups in total. The van der Waals surface area contributed by atoms with Gasteiger partial charge in [-0.25, -0.2) is 9.36 Å². The third kappa shape index (κ3) is 4.67. The van der Waals surface area contributed by atoms with Crippen LogP contribution in [0.2, 0.25) is 0 Å². The first-order valence-corrected chi connectivity index (χ1v) is 11.0. The molecule has 0 aliphatic carbocycles. The summed E-state index contributed by atoms with van der Waals surface area (Å²) in [5.74, 6) is 0.354. The molecule has 0 aliphatic rings. The normalized spacial score (nSPS) is 12.1. The number of aromatic nitrogens is 2. The Morgan fingerprint density at radius 2 is 1.45 bits per heavy atom. The van der Waals surface area contributed by atoms with Crippen LogP contribution in [0.15, 0.2) is 52.1 Å². The smallest absolute Gasteiger partial charge is 0.337 e. The third-order valence-electron chi connectivity index (χ3n) is 5.76. The van der Waals surface area contributed by atoms with Crippen molar-refractivity contribution in [2.75, 3.05) is 11.1 Å². The first-order chi connectivity index (χ1) is 15.2. The Balaban J connectivity index is 2.11. The van der Waals surface area contributed by atoms with E-state index >= 15 is 0 Å². The van der Waals surface area contributed by atoms with Gasteiger partial charge in [0.2, 0.25) is 0 Å². The highest BCUT2D eigenvalue weighted by atomic mass is 16.3. The second kappa shape index (κ2) is 8.46. The molecule has 3 rings (SSSR count). The molecular formula is C26H34N4O3. The zero-order chi connectivity index (χ0) is 24.7. The van der Waals surface area contributed by atoms with Gasteiger partial charge >= 0.3 is 5.69 Å². The molecule has 176 valence electrons. The molecule has 33 heavy (non-hydrogen) atoms. The van der Waals surface area contributed by atoms with Gasteiger partial charge in [-0.15, -0.1) is 0 Å². The molecule has 0 saturated carbocycles. The second-order valence-corrected chi connectivity index (χ2v) is 10.5. The maximum absolute atomic E-state index is 12.9. The van der Waals surface area contributed by atoms with Crippen molar-refractivity contribution in [3.05, 3.63) is 80.0 Å². The topological polar surface area (TPSA) is 102 Å². The van der Waals surface area contributed by atoms with E-state index in [9.17, 15) is 14.7 Å². The van der Waals surface area contributed by atoms with Gasteiger partial charge in [0.1, 0.15) is 17.3 Å². The van der Waals surface area contributed by atoms with Gasteiger partial charge in [-0.2, -0.15) is 0 Å². The number of benzene rings is 2. The van der Waals surface area contributed by atoms with Crippen LogP contribution < -0.4 is 22.3 Å². The summed E-state index contributed by atoms with van der Waals surface area (Å²) in [6.45, 7) is 12.6. The fourth-order valence-electron chi connectivity index (χ4n) is 3.85. The predicted octanol–water partition coefficient (Wildman–Crippen LogP) is 4.03. The number of para-hydroxylation sites is 1. The van der Waals surface area contributed by atoms with Crippen LogP contribution in [0, 0.1) is 0 Å². The number of phenolic OH excluding ortho intramolecular Hbond substituents is 1. The lowest BCUT2D eigenvalue weighted by Crippen LogP contribution is -2.40. The van der Waals surface area contributed by atoms with Crippen molar-refractivity contribution < 1.29 is 5.11 Å². The number of aromatic hydroxyl groups is 1. The molecule has 0 bridgehead atoms. The molecule has 0 radical (unpaired) electrons. The van der Waals surface area contributed by atoms with E-state index in [2.05, 4.69) is 46.9 Å². The highest BCUT2D eigenvalue weighted by molar-refractivity contribution is 5.64. The number of nitrogens with two attached hydrogens (primary N) is 1. The first kappa shape index (κ1) is 24.2. The average molecular weight is 451 g/mol. The number of phenols is 1. The molecule has 2 aromatic carbocycles. The van der Waals surface area contributed by atoms with Crippen LogP contribution in [-0.2, 0) is 24.4 Å². The minimum Gasteiger partial charge on any atom is -0.507 e. The number of nitrogens with zero attached hydrogens (tertiary/aromatic N) is 2. The summed E-state index contributed by atoms with van der Waals surface area (Å²) in [4.78, 5) is 25.7. The van der Waals surface area contributed by atoms with Crippen molar-refractivity contribution in [3.8, 4) is 11.4 Å². The summed E-state index contributed by atoms with van der Waals surface area (Å²) in [5.41, 5.74) is 8.09. The SMILES string of the molecule is Cn1c(=O)c(NCc2cc(C(C)(C)C)c(O)c(C(C)(C)C)c2)c(N)n(-c2ccccc2)c1=O. The summed E-state index contributed by atoms with van der Waals surface area (Å²) in [7, 11) is 1.44. The van der Waals surface area contributed by atoms with Crippen molar-refractivity contribution in [1.82, 2.24) is 9.13 Å². The Kier molecular flexibility index (Phi) is 6.20. The van der Waals surface area contributed by atoms with Crippen molar-refractivity contribution in [1.29, 1.82) is 0 Å². The molecule has 0 atom stereocenters. The Bertz CT molecular complexity index is 1260. The van der Waals surface area contributed by atoms with Crippen LogP contribution in [0.5, 0.6) is 5.75 Å². The molecule has 3 aromatic rings. The Labute approximate surface area is 194 Å². The van der Waals surface area contributed by atoms with Gasteiger partial charge < -0.3 is 16.2 Å². The van der Waals surface area contributed by atoms with E-state index < -0.39 is 11.2 Å². The Morgan fingerprint density at radius 3 is 1.94 bits per heavy atom. The largest absolute Gasteiger partial charge is 0.507 e. The van der Waals surface area contributed by atoms with Crippen LogP contribution in [0.1, 0.15) is 58.2 Å². The molecule has 0 saturated heterocycles. The minimum atomic E-state index is -0.510. The lowest BCUT2D eigenvalue weighted by Gasteiger charge is -2.28. The molecular weight excluding hydrogens is 416 g/mol. The van der Waals surface area contributed by atoms with Crippen LogP contribution >= 0.6 is 0 Å². The lowest BCUT2D eigenvalue weighted by atomic mass is 9.78. The van der Waals surface area contributed by atoms with Crippen LogP contribution in [0.4, 0.5) is 11.5 Å². The van der Waals surface area contributed by atoms with Crippen LogP contribution in [0.3, 0.4) is 0 Å². The summed E-state index contributed by atoms with van der Waals surface area (Å²) in [5, 5.41) is 14.1. The van der Waals surface area contributed by atoms with Crippen molar-refractivity contribution in [2.24, 2.45) is 7.05 Å². The predicted molar refractivity (Wildman–Crippen MR) is 135 cm³/mol. The highest BCUT2D eigenvalue weighted by Crippen LogP contribution is 2.39.